The van der Waals surface area contributed by atoms with Crippen LogP contribution in [0.15, 0.2) is 0 Å². The van der Waals surface area contributed by atoms with Gasteiger partial charge in [-0.2, -0.15) is 8.42 Å². The zero-order valence-corrected chi connectivity index (χ0v) is 6.93. The van der Waals surface area contributed by atoms with Gasteiger partial charge < -0.3 is 5.32 Å². The Balaban J connectivity index is 0.000000144. The van der Waals surface area contributed by atoms with Gasteiger partial charge in [-0.15, -0.1) is 0 Å². The van der Waals surface area contributed by atoms with Crippen LogP contribution < -0.4 is 5.32 Å². The lowest BCUT2D eigenvalue weighted by molar-refractivity contribution is 0.527. The van der Waals surface area contributed by atoms with Gasteiger partial charge >= 0.3 is 8.26 Å². The highest BCUT2D eigenvalue weighted by molar-refractivity contribution is 8.31. The van der Waals surface area contributed by atoms with Crippen molar-refractivity contribution in [2.75, 3.05) is 13.1 Å². The van der Waals surface area contributed by atoms with Gasteiger partial charge in [0.05, 0.1) is 0 Å². The molecule has 0 aromatic rings. The molecule has 0 bridgehead atoms. The van der Waals surface area contributed by atoms with Gasteiger partial charge in [0.25, 0.3) is 0 Å². The van der Waals surface area contributed by atoms with E-state index < -0.39 is 8.26 Å². The van der Waals surface area contributed by atoms with Crippen LogP contribution in [0, 0.1) is 0 Å². The van der Waals surface area contributed by atoms with Crippen LogP contribution in [-0.4, -0.2) is 21.5 Å². The van der Waals surface area contributed by atoms with Crippen LogP contribution in [-0.2, 0) is 8.26 Å². The van der Waals surface area contributed by atoms with Crippen LogP contribution in [0.1, 0.15) is 6.42 Å². The molecule has 0 aromatic heterocycles. The van der Waals surface area contributed by atoms with Crippen molar-refractivity contribution in [1.29, 1.82) is 0 Å². The van der Waals surface area contributed by atoms with Crippen molar-refractivity contribution in [2.45, 2.75) is 6.42 Å². The fraction of sp³-hybridized carbons (Fsp3) is 1.00. The SMILES string of the molecule is C1CNC1.O=S(=O)(Cl)Cl. The third-order valence-electron chi connectivity index (χ3n) is 0.707. The molecule has 9 heavy (non-hydrogen) atoms. The molecule has 1 rings (SSSR count). The fourth-order valence-electron chi connectivity index (χ4n) is 0.177. The Labute approximate surface area is 63.3 Å². The molecule has 0 atom stereocenters. The summed E-state index contributed by atoms with van der Waals surface area (Å²) in [6.45, 7) is 2.50. The smallest absolute Gasteiger partial charge is 0.317 e. The summed E-state index contributed by atoms with van der Waals surface area (Å²) in [4.78, 5) is 0. The van der Waals surface area contributed by atoms with E-state index in [9.17, 15) is 0 Å². The third-order valence-corrected chi connectivity index (χ3v) is 0.707. The van der Waals surface area contributed by atoms with Crippen LogP contribution in [0.4, 0.5) is 0 Å². The third kappa shape index (κ3) is 17.7. The predicted octanol–water partition coefficient (Wildman–Crippen LogP) is 0.688. The highest BCUT2D eigenvalue weighted by atomic mass is 36.0. The van der Waals surface area contributed by atoms with Gasteiger partial charge in [-0.3, -0.25) is 0 Å². The lowest BCUT2D eigenvalue weighted by Crippen LogP contribution is -2.29. The second-order valence-electron chi connectivity index (χ2n) is 1.48. The number of hydrogen-bond donors (Lipinski definition) is 1. The Hall–Kier alpha value is 0.490. The zero-order valence-electron chi connectivity index (χ0n) is 4.60. The summed E-state index contributed by atoms with van der Waals surface area (Å²) in [6.07, 6.45) is 1.39. The molecule has 0 amide bonds. The van der Waals surface area contributed by atoms with Crippen LogP contribution in [0.5, 0.6) is 0 Å². The first kappa shape index (κ1) is 9.49. The normalized spacial score (nSPS) is 17.1. The van der Waals surface area contributed by atoms with Crippen molar-refractivity contribution in [3.05, 3.63) is 0 Å². The van der Waals surface area contributed by atoms with Crippen molar-refractivity contribution in [1.82, 2.24) is 5.32 Å². The molecule has 1 heterocycles. The predicted molar refractivity (Wildman–Crippen MR) is 38.1 cm³/mol. The summed E-state index contributed by atoms with van der Waals surface area (Å²) in [6, 6.07) is 0. The molecule has 0 aromatic carbocycles. The summed E-state index contributed by atoms with van der Waals surface area (Å²) in [5.74, 6) is 0. The summed E-state index contributed by atoms with van der Waals surface area (Å²) in [5, 5.41) is 3.11. The molecule has 1 aliphatic heterocycles. The van der Waals surface area contributed by atoms with Gasteiger partial charge in [-0.05, 0) is 19.5 Å². The molecule has 1 aliphatic rings. The fourth-order valence-corrected chi connectivity index (χ4v) is 0.177. The van der Waals surface area contributed by atoms with Gasteiger partial charge in [0.15, 0.2) is 0 Å². The highest BCUT2D eigenvalue weighted by Crippen LogP contribution is 1.98. The van der Waals surface area contributed by atoms with Crippen molar-refractivity contribution in [3.63, 3.8) is 0 Å². The van der Waals surface area contributed by atoms with E-state index in [1.165, 1.54) is 19.5 Å². The largest absolute Gasteiger partial charge is 0.317 e. The van der Waals surface area contributed by atoms with Gasteiger partial charge in [-0.1, -0.05) is 0 Å². The molecule has 3 nitrogen and oxygen atoms in total. The molecule has 1 saturated heterocycles. The Morgan fingerprint density at radius 1 is 1.22 bits per heavy atom. The molecule has 0 unspecified atom stereocenters. The first-order chi connectivity index (χ1) is 4.00. The Bertz CT molecular complexity index is 139. The average molecular weight is 192 g/mol. The molecule has 1 N–H and O–H groups in total. The molecule has 6 heteroatoms. The monoisotopic (exact) mass is 191 g/mol. The van der Waals surface area contributed by atoms with Crippen molar-refractivity contribution >= 4 is 29.6 Å². The number of nitrogens with one attached hydrogen (secondary N) is 1. The quantitative estimate of drug-likeness (QED) is 0.574. The Morgan fingerprint density at radius 2 is 1.33 bits per heavy atom. The molecule has 0 radical (unpaired) electrons. The van der Waals surface area contributed by atoms with E-state index in [2.05, 4.69) is 26.7 Å². The van der Waals surface area contributed by atoms with Crippen LogP contribution >= 0.6 is 21.4 Å². The molecule has 56 valence electrons. The minimum atomic E-state index is -3.72. The van der Waals surface area contributed by atoms with Gasteiger partial charge in [0.2, 0.25) is 0 Å². The maximum atomic E-state index is 9.16. The lowest BCUT2D eigenvalue weighted by Gasteiger charge is -2.09. The summed E-state index contributed by atoms with van der Waals surface area (Å²) in [5.41, 5.74) is 0. The molecular weight excluding hydrogens is 185 g/mol. The maximum Gasteiger partial charge on any atom is 0.317 e. The van der Waals surface area contributed by atoms with Crippen LogP contribution in [0.3, 0.4) is 0 Å². The van der Waals surface area contributed by atoms with Gasteiger partial charge in [0, 0.05) is 21.4 Å². The van der Waals surface area contributed by atoms with E-state index in [-0.39, 0.29) is 0 Å². The minimum Gasteiger partial charge on any atom is -0.317 e. The van der Waals surface area contributed by atoms with Gasteiger partial charge in [0.1, 0.15) is 0 Å². The standard InChI is InChI=1S/C3H7N.Cl2O2S/c1-2-4-3-1;1-5(2,3)4/h4H,1-3H2;. The average Bonchev–Trinajstić information content (AvgIpc) is 1.12. The first-order valence-electron chi connectivity index (χ1n) is 2.35. The van der Waals surface area contributed by atoms with E-state index in [1.54, 1.807) is 0 Å². The van der Waals surface area contributed by atoms with Crippen LogP contribution in [0.2, 0.25) is 0 Å². The second kappa shape index (κ2) is 4.33. The summed E-state index contributed by atoms with van der Waals surface area (Å²) >= 11 is 0. The Kier molecular flexibility index (Phi) is 4.56. The maximum absolute atomic E-state index is 9.16. The molecular formula is C3H7Cl2NO2S. The molecule has 0 spiro atoms. The van der Waals surface area contributed by atoms with E-state index >= 15 is 0 Å². The molecule has 1 fully saturated rings. The first-order valence-corrected chi connectivity index (χ1v) is 5.48. The lowest BCUT2D eigenvalue weighted by atomic mass is 10.3. The van der Waals surface area contributed by atoms with Crippen LogP contribution in [0.25, 0.3) is 0 Å². The summed E-state index contributed by atoms with van der Waals surface area (Å²) < 4.78 is 18.3. The van der Waals surface area contributed by atoms with Gasteiger partial charge in [-0.25, -0.2) is 0 Å². The minimum absolute atomic E-state index is 1.25. The zero-order chi connectivity index (χ0) is 7.33. The highest BCUT2D eigenvalue weighted by Gasteiger charge is 1.92. The summed E-state index contributed by atoms with van der Waals surface area (Å²) in [7, 11) is 4.81. The number of hydrogen-bond acceptors (Lipinski definition) is 3. The Morgan fingerprint density at radius 3 is 1.33 bits per heavy atom. The van der Waals surface area contributed by atoms with Crippen molar-refractivity contribution < 1.29 is 8.42 Å². The van der Waals surface area contributed by atoms with E-state index in [0.29, 0.717) is 0 Å². The van der Waals surface area contributed by atoms with E-state index in [0.717, 1.165) is 0 Å². The van der Waals surface area contributed by atoms with E-state index in [4.69, 9.17) is 8.42 Å². The van der Waals surface area contributed by atoms with Crippen molar-refractivity contribution in [3.8, 4) is 0 Å². The molecule has 0 saturated carbocycles. The topological polar surface area (TPSA) is 46.2 Å². The number of rotatable bonds is 0. The van der Waals surface area contributed by atoms with Crippen molar-refractivity contribution in [2.24, 2.45) is 0 Å². The van der Waals surface area contributed by atoms with E-state index in [1.807, 2.05) is 0 Å². The molecule has 0 aliphatic carbocycles. The second-order valence-corrected chi connectivity index (χ2v) is 5.15. The number of halogens is 2.